The number of hydrogen-bond acceptors (Lipinski definition) is 9. The van der Waals surface area contributed by atoms with E-state index in [4.69, 9.17) is 18.6 Å². The minimum Gasteiger partial charge on any atom is -0.444 e. The van der Waals surface area contributed by atoms with Crippen molar-refractivity contribution >= 4 is 29.1 Å². The van der Waals surface area contributed by atoms with Gasteiger partial charge in [0.25, 0.3) is 0 Å². The van der Waals surface area contributed by atoms with Gasteiger partial charge in [-0.3, -0.25) is 4.79 Å². The lowest BCUT2D eigenvalue weighted by Crippen LogP contribution is -2.45. The average molecular weight is 490 g/mol. The summed E-state index contributed by atoms with van der Waals surface area (Å²) >= 11 is 0. The molecule has 0 radical (unpaired) electrons. The molecule has 192 valence electrons. The highest BCUT2D eigenvalue weighted by Gasteiger charge is 2.28. The fourth-order valence-corrected chi connectivity index (χ4v) is 3.47. The van der Waals surface area contributed by atoms with Gasteiger partial charge >= 0.3 is 12.2 Å². The fraction of sp³-hybridized carbons (Fsp3) is 0.560. The molecule has 0 spiro atoms. The molecule has 1 aliphatic rings. The number of amides is 1. The van der Waals surface area contributed by atoms with Gasteiger partial charge in [0.1, 0.15) is 16.8 Å². The number of likely N-dealkylation sites (N-methyl/N-ethyl adjacent to an activating group) is 1. The molecule has 1 aromatic heterocycles. The quantitative estimate of drug-likeness (QED) is 0.640. The first-order valence-electron chi connectivity index (χ1n) is 11.6. The van der Waals surface area contributed by atoms with Gasteiger partial charge < -0.3 is 33.7 Å². The van der Waals surface area contributed by atoms with E-state index in [-0.39, 0.29) is 23.6 Å². The maximum absolute atomic E-state index is 13.5. The molecular formula is C25H35N3O7. The SMILES string of the molecule is CN1CCN(c2oc3ccc(CNC(=O)OC(C)(C)C)cc3c(=O)c2OC(=O)OC(C)(C)C)CC1. The lowest BCUT2D eigenvalue weighted by molar-refractivity contribution is 0.0201. The molecule has 1 fully saturated rings. The van der Waals surface area contributed by atoms with Gasteiger partial charge in [-0.05, 0) is 66.3 Å². The molecule has 0 atom stereocenters. The van der Waals surface area contributed by atoms with Crippen LogP contribution in [-0.4, -0.2) is 61.6 Å². The predicted molar refractivity (Wildman–Crippen MR) is 132 cm³/mol. The number of carbonyl (C=O) groups is 2. The Balaban J connectivity index is 1.95. The first kappa shape index (κ1) is 26.3. The number of carbonyl (C=O) groups excluding carboxylic acids is 2. The van der Waals surface area contributed by atoms with Crippen molar-refractivity contribution in [2.75, 3.05) is 38.1 Å². The number of ether oxygens (including phenoxy) is 3. The van der Waals surface area contributed by atoms with Crippen LogP contribution in [0, 0.1) is 0 Å². The normalized spacial score (nSPS) is 15.1. The third kappa shape index (κ3) is 7.35. The highest BCUT2D eigenvalue weighted by Crippen LogP contribution is 2.31. The third-order valence-electron chi connectivity index (χ3n) is 5.10. The lowest BCUT2D eigenvalue weighted by Gasteiger charge is -2.33. The van der Waals surface area contributed by atoms with Crippen LogP contribution in [0.2, 0.25) is 0 Å². The number of benzene rings is 1. The van der Waals surface area contributed by atoms with E-state index >= 15 is 0 Å². The molecule has 0 aliphatic carbocycles. The zero-order valence-corrected chi connectivity index (χ0v) is 21.5. The van der Waals surface area contributed by atoms with Gasteiger partial charge in [0.05, 0.1) is 5.39 Å². The molecule has 35 heavy (non-hydrogen) atoms. The van der Waals surface area contributed by atoms with Crippen LogP contribution in [0.3, 0.4) is 0 Å². The number of alkyl carbamates (subject to hydrolysis) is 1. The van der Waals surface area contributed by atoms with Crippen LogP contribution in [0.1, 0.15) is 47.1 Å². The number of piperazine rings is 1. The fourth-order valence-electron chi connectivity index (χ4n) is 3.47. The molecular weight excluding hydrogens is 454 g/mol. The maximum atomic E-state index is 13.5. The minimum atomic E-state index is -0.984. The van der Waals surface area contributed by atoms with Gasteiger partial charge in [0.15, 0.2) is 0 Å². The smallest absolute Gasteiger partial charge is 0.444 e. The van der Waals surface area contributed by atoms with Crippen molar-refractivity contribution in [3.63, 3.8) is 0 Å². The molecule has 10 heteroatoms. The van der Waals surface area contributed by atoms with Gasteiger partial charge in [-0.2, -0.15) is 0 Å². The van der Waals surface area contributed by atoms with Crippen LogP contribution >= 0.6 is 0 Å². The van der Waals surface area contributed by atoms with Gasteiger partial charge in [0, 0.05) is 32.7 Å². The average Bonchev–Trinajstić information content (AvgIpc) is 2.72. The van der Waals surface area contributed by atoms with Crippen molar-refractivity contribution in [3.05, 3.63) is 34.0 Å². The van der Waals surface area contributed by atoms with Crippen LogP contribution in [0.15, 0.2) is 27.4 Å². The Labute approximate surface area is 205 Å². The Morgan fingerprint density at radius 3 is 2.23 bits per heavy atom. The summed E-state index contributed by atoms with van der Waals surface area (Å²) in [6.07, 6.45) is -1.55. The molecule has 2 heterocycles. The summed E-state index contributed by atoms with van der Waals surface area (Å²) in [5.74, 6) is -0.0188. The largest absolute Gasteiger partial charge is 0.514 e. The molecule has 1 N–H and O–H groups in total. The van der Waals surface area contributed by atoms with Crippen molar-refractivity contribution in [1.82, 2.24) is 10.2 Å². The maximum Gasteiger partial charge on any atom is 0.514 e. The van der Waals surface area contributed by atoms with E-state index < -0.39 is 28.9 Å². The summed E-state index contributed by atoms with van der Waals surface area (Å²) in [6.45, 7) is 13.3. The summed E-state index contributed by atoms with van der Waals surface area (Å²) in [4.78, 5) is 42.0. The van der Waals surface area contributed by atoms with Gasteiger partial charge in [-0.25, -0.2) is 9.59 Å². The van der Waals surface area contributed by atoms with Crippen LogP contribution in [0.4, 0.5) is 15.5 Å². The summed E-state index contributed by atoms with van der Waals surface area (Å²) in [7, 11) is 2.01. The zero-order chi connectivity index (χ0) is 26.0. The third-order valence-corrected chi connectivity index (χ3v) is 5.10. The second-order valence-corrected chi connectivity index (χ2v) is 10.6. The lowest BCUT2D eigenvalue weighted by atomic mass is 10.1. The molecule has 0 bridgehead atoms. The second kappa shape index (κ2) is 10.2. The summed E-state index contributed by atoms with van der Waals surface area (Å²) in [5.41, 5.74) is -0.900. The number of fused-ring (bicyclic) bond motifs is 1. The second-order valence-electron chi connectivity index (χ2n) is 10.6. The Morgan fingerprint density at radius 2 is 1.63 bits per heavy atom. The van der Waals surface area contributed by atoms with Crippen molar-refractivity contribution < 1.29 is 28.2 Å². The molecule has 0 saturated carbocycles. The molecule has 1 amide bonds. The van der Waals surface area contributed by atoms with E-state index in [1.165, 1.54) is 0 Å². The Kier molecular flexibility index (Phi) is 7.64. The number of hydrogen-bond donors (Lipinski definition) is 1. The number of anilines is 1. The highest BCUT2D eigenvalue weighted by molar-refractivity contribution is 5.82. The molecule has 0 unspecified atom stereocenters. The van der Waals surface area contributed by atoms with E-state index in [2.05, 4.69) is 10.2 Å². The van der Waals surface area contributed by atoms with Crippen molar-refractivity contribution in [3.8, 4) is 5.75 Å². The van der Waals surface area contributed by atoms with Crippen molar-refractivity contribution in [2.24, 2.45) is 0 Å². The van der Waals surface area contributed by atoms with E-state index in [0.717, 1.165) is 13.1 Å². The van der Waals surface area contributed by atoms with Crippen LogP contribution in [-0.2, 0) is 16.0 Å². The topological polar surface area (TPSA) is 111 Å². The van der Waals surface area contributed by atoms with E-state index in [1.807, 2.05) is 11.9 Å². The number of nitrogens with one attached hydrogen (secondary N) is 1. The van der Waals surface area contributed by atoms with Crippen LogP contribution < -0.4 is 20.4 Å². The van der Waals surface area contributed by atoms with Gasteiger partial charge in [0.2, 0.25) is 17.1 Å². The first-order chi connectivity index (χ1) is 16.2. The van der Waals surface area contributed by atoms with Gasteiger partial charge in [-0.1, -0.05) is 6.07 Å². The highest BCUT2D eigenvalue weighted by atomic mass is 16.7. The zero-order valence-electron chi connectivity index (χ0n) is 21.5. The molecule has 1 aliphatic heterocycles. The van der Waals surface area contributed by atoms with Gasteiger partial charge in [-0.15, -0.1) is 0 Å². The van der Waals surface area contributed by atoms with E-state index in [0.29, 0.717) is 24.2 Å². The molecule has 2 aromatic rings. The van der Waals surface area contributed by atoms with E-state index in [1.54, 1.807) is 59.7 Å². The standard InChI is InChI=1S/C25H35N3O7/c1-24(2,3)34-22(30)26-15-16-8-9-18-17(14-16)19(29)20(33-23(31)35-25(4,5)6)21(32-18)28-12-10-27(7)11-13-28/h8-9,14H,10-13,15H2,1-7H3,(H,26,30). The van der Waals surface area contributed by atoms with Crippen LogP contribution in [0.25, 0.3) is 11.0 Å². The molecule has 10 nitrogen and oxygen atoms in total. The Morgan fingerprint density at radius 1 is 1.00 bits per heavy atom. The Hall–Kier alpha value is -3.27. The monoisotopic (exact) mass is 489 g/mol. The summed E-state index contributed by atoms with van der Waals surface area (Å²) in [6, 6.07) is 5.03. The molecule has 1 saturated heterocycles. The minimum absolute atomic E-state index is 0.146. The number of rotatable bonds is 4. The Bertz CT molecular complexity index is 1140. The summed E-state index contributed by atoms with van der Waals surface area (Å²) in [5, 5.41) is 2.89. The number of nitrogens with zero attached hydrogens (tertiary/aromatic N) is 2. The molecule has 3 rings (SSSR count). The summed E-state index contributed by atoms with van der Waals surface area (Å²) < 4.78 is 22.0. The molecule has 1 aromatic carbocycles. The predicted octanol–water partition coefficient (Wildman–Crippen LogP) is 3.88. The van der Waals surface area contributed by atoms with E-state index in [9.17, 15) is 14.4 Å². The van der Waals surface area contributed by atoms with Crippen LogP contribution in [0.5, 0.6) is 5.75 Å². The van der Waals surface area contributed by atoms with Crippen molar-refractivity contribution in [1.29, 1.82) is 0 Å². The van der Waals surface area contributed by atoms with Crippen molar-refractivity contribution in [2.45, 2.75) is 59.3 Å². The first-order valence-corrected chi connectivity index (χ1v) is 11.6.